The van der Waals surface area contributed by atoms with Crippen LogP contribution in [-0.4, -0.2) is 9.55 Å². The minimum Gasteiger partial charge on any atom is -0.383 e. The van der Waals surface area contributed by atoms with Crippen LogP contribution in [0.25, 0.3) is 11.3 Å². The third-order valence-corrected chi connectivity index (χ3v) is 3.93. The average Bonchev–Trinajstić information content (AvgIpc) is 3.13. The summed E-state index contributed by atoms with van der Waals surface area (Å²) < 4.78 is 2.27. The van der Waals surface area contributed by atoms with Crippen molar-refractivity contribution in [2.24, 2.45) is 0 Å². The topological polar surface area (TPSA) is 43.8 Å². The summed E-state index contributed by atoms with van der Waals surface area (Å²) >= 11 is 0. The van der Waals surface area contributed by atoms with Gasteiger partial charge in [-0.2, -0.15) is 0 Å². The second kappa shape index (κ2) is 4.37. The van der Waals surface area contributed by atoms with Crippen LogP contribution in [0.3, 0.4) is 0 Å². The van der Waals surface area contributed by atoms with Crippen molar-refractivity contribution in [3.8, 4) is 11.3 Å². The highest BCUT2D eigenvalue weighted by Crippen LogP contribution is 2.43. The fraction of sp³-hybridized carbons (Fsp3) is 0.471. The summed E-state index contributed by atoms with van der Waals surface area (Å²) in [7, 11) is 0. The van der Waals surface area contributed by atoms with Crippen LogP contribution in [0, 0.1) is 6.92 Å². The van der Waals surface area contributed by atoms with Crippen LogP contribution in [0.15, 0.2) is 24.3 Å². The van der Waals surface area contributed by atoms with Crippen LogP contribution >= 0.6 is 0 Å². The van der Waals surface area contributed by atoms with Crippen molar-refractivity contribution < 1.29 is 0 Å². The number of rotatable bonds is 2. The third-order valence-electron chi connectivity index (χ3n) is 3.93. The van der Waals surface area contributed by atoms with Gasteiger partial charge in [-0.1, -0.05) is 45.0 Å². The molecule has 1 saturated carbocycles. The molecule has 1 heterocycles. The Labute approximate surface area is 120 Å². The lowest BCUT2D eigenvalue weighted by molar-refractivity contribution is 0.504. The Morgan fingerprint density at radius 3 is 2.40 bits per heavy atom. The number of hydrogen-bond donors (Lipinski definition) is 1. The smallest absolute Gasteiger partial charge is 0.132 e. The number of anilines is 1. The molecule has 0 saturated heterocycles. The van der Waals surface area contributed by atoms with E-state index in [1.54, 1.807) is 0 Å². The van der Waals surface area contributed by atoms with Gasteiger partial charge in [-0.3, -0.25) is 0 Å². The highest BCUT2D eigenvalue weighted by Gasteiger charge is 2.34. The number of aryl methyl sites for hydroxylation is 1. The summed E-state index contributed by atoms with van der Waals surface area (Å²) in [4.78, 5) is 4.91. The van der Waals surface area contributed by atoms with Gasteiger partial charge < -0.3 is 10.3 Å². The fourth-order valence-corrected chi connectivity index (χ4v) is 2.71. The zero-order valence-corrected chi connectivity index (χ0v) is 12.8. The van der Waals surface area contributed by atoms with Gasteiger partial charge in [0.15, 0.2) is 0 Å². The molecule has 2 N–H and O–H groups in total. The van der Waals surface area contributed by atoms with E-state index in [1.807, 2.05) is 0 Å². The first kappa shape index (κ1) is 13.2. The van der Waals surface area contributed by atoms with E-state index < -0.39 is 0 Å². The Hall–Kier alpha value is -1.77. The zero-order valence-electron chi connectivity index (χ0n) is 12.8. The van der Waals surface area contributed by atoms with Crippen molar-refractivity contribution in [1.82, 2.24) is 9.55 Å². The second-order valence-electron chi connectivity index (χ2n) is 6.84. The van der Waals surface area contributed by atoms with E-state index in [4.69, 9.17) is 10.7 Å². The lowest BCUT2D eigenvalue weighted by Gasteiger charge is -2.20. The summed E-state index contributed by atoms with van der Waals surface area (Å²) in [6.07, 6.45) is 2.44. The Balaban J connectivity index is 2.21. The van der Waals surface area contributed by atoms with E-state index >= 15 is 0 Å². The van der Waals surface area contributed by atoms with E-state index in [2.05, 4.69) is 56.5 Å². The van der Waals surface area contributed by atoms with E-state index in [-0.39, 0.29) is 5.41 Å². The molecule has 1 aliphatic carbocycles. The number of nitrogens with zero attached hydrogens (tertiary/aromatic N) is 2. The molecule has 0 amide bonds. The van der Waals surface area contributed by atoms with Gasteiger partial charge in [-0.25, -0.2) is 4.98 Å². The minimum atomic E-state index is 0.0116. The van der Waals surface area contributed by atoms with Crippen molar-refractivity contribution in [2.45, 2.75) is 52.0 Å². The molecule has 0 bridgehead atoms. The van der Waals surface area contributed by atoms with Crippen molar-refractivity contribution in [1.29, 1.82) is 0 Å². The van der Waals surface area contributed by atoms with Crippen LogP contribution < -0.4 is 5.73 Å². The molecular formula is C17H23N3. The summed E-state index contributed by atoms with van der Waals surface area (Å²) in [5, 5.41) is 0. The lowest BCUT2D eigenvalue weighted by atomic mass is 9.95. The molecule has 3 rings (SSSR count). The van der Waals surface area contributed by atoms with Gasteiger partial charge in [-0.05, 0) is 25.3 Å². The predicted octanol–water partition coefficient (Wildman–Crippen LogP) is 4.07. The summed E-state index contributed by atoms with van der Waals surface area (Å²) in [6, 6.07) is 8.88. The third kappa shape index (κ3) is 2.11. The fourth-order valence-electron chi connectivity index (χ4n) is 2.71. The first-order chi connectivity index (χ1) is 9.39. The first-order valence-electron chi connectivity index (χ1n) is 7.34. The van der Waals surface area contributed by atoms with Crippen LogP contribution in [0.4, 0.5) is 5.82 Å². The van der Waals surface area contributed by atoms with E-state index in [1.165, 1.54) is 18.4 Å². The van der Waals surface area contributed by atoms with Gasteiger partial charge in [0.1, 0.15) is 17.3 Å². The molecule has 20 heavy (non-hydrogen) atoms. The van der Waals surface area contributed by atoms with E-state index in [0.29, 0.717) is 6.04 Å². The maximum atomic E-state index is 6.44. The molecule has 0 unspecified atom stereocenters. The minimum absolute atomic E-state index is 0.0116. The van der Waals surface area contributed by atoms with E-state index in [0.717, 1.165) is 22.9 Å². The molecule has 3 heteroatoms. The molecule has 1 fully saturated rings. The van der Waals surface area contributed by atoms with Gasteiger partial charge in [0, 0.05) is 17.0 Å². The Morgan fingerprint density at radius 2 is 1.85 bits per heavy atom. The molecule has 0 spiro atoms. The lowest BCUT2D eigenvalue weighted by Crippen LogP contribution is -2.19. The Bertz CT molecular complexity index is 643. The quantitative estimate of drug-likeness (QED) is 0.893. The van der Waals surface area contributed by atoms with E-state index in [9.17, 15) is 0 Å². The van der Waals surface area contributed by atoms with Gasteiger partial charge in [0.05, 0.1) is 0 Å². The van der Waals surface area contributed by atoms with Gasteiger partial charge in [0.2, 0.25) is 0 Å². The van der Waals surface area contributed by atoms with Crippen molar-refractivity contribution in [2.75, 3.05) is 5.73 Å². The predicted molar refractivity (Wildman–Crippen MR) is 83.8 cm³/mol. The number of benzene rings is 1. The number of nitrogen functional groups attached to an aromatic ring is 1. The molecule has 1 aliphatic rings. The molecule has 3 nitrogen and oxygen atoms in total. The standard InChI is InChI=1S/C17H23N3/c1-11-7-5-6-8-13(11)14-15(18)20(12-9-10-12)16(19-14)17(2,3)4/h5-8,12H,9-10,18H2,1-4H3. The Morgan fingerprint density at radius 1 is 1.20 bits per heavy atom. The SMILES string of the molecule is Cc1ccccc1-c1nc(C(C)(C)C)n(C2CC2)c1N. The van der Waals surface area contributed by atoms with Crippen LogP contribution in [-0.2, 0) is 5.41 Å². The van der Waals surface area contributed by atoms with Crippen molar-refractivity contribution in [3.63, 3.8) is 0 Å². The molecule has 1 aromatic carbocycles. The molecule has 0 radical (unpaired) electrons. The first-order valence-corrected chi connectivity index (χ1v) is 7.34. The largest absolute Gasteiger partial charge is 0.383 e. The summed E-state index contributed by atoms with van der Waals surface area (Å²) in [5.74, 6) is 1.93. The van der Waals surface area contributed by atoms with Gasteiger partial charge in [-0.15, -0.1) is 0 Å². The zero-order chi connectivity index (χ0) is 14.5. The highest BCUT2D eigenvalue weighted by molar-refractivity contribution is 5.74. The number of aromatic nitrogens is 2. The summed E-state index contributed by atoms with van der Waals surface area (Å²) in [6.45, 7) is 8.72. The van der Waals surface area contributed by atoms with Gasteiger partial charge >= 0.3 is 0 Å². The number of imidazole rings is 1. The van der Waals surface area contributed by atoms with Crippen LogP contribution in [0.2, 0.25) is 0 Å². The monoisotopic (exact) mass is 269 g/mol. The molecule has 106 valence electrons. The molecule has 1 aromatic heterocycles. The van der Waals surface area contributed by atoms with Crippen LogP contribution in [0.5, 0.6) is 0 Å². The summed E-state index contributed by atoms with van der Waals surface area (Å²) in [5.41, 5.74) is 9.77. The number of nitrogens with two attached hydrogens (primary N) is 1. The number of hydrogen-bond acceptors (Lipinski definition) is 2. The van der Waals surface area contributed by atoms with Gasteiger partial charge in [0.25, 0.3) is 0 Å². The second-order valence-corrected chi connectivity index (χ2v) is 6.84. The molecule has 2 aromatic rings. The maximum absolute atomic E-state index is 6.44. The Kier molecular flexibility index (Phi) is 2.89. The average molecular weight is 269 g/mol. The molecular weight excluding hydrogens is 246 g/mol. The molecule has 0 atom stereocenters. The highest BCUT2D eigenvalue weighted by atomic mass is 15.2. The molecule has 0 aliphatic heterocycles. The normalized spacial score (nSPS) is 15.6. The van der Waals surface area contributed by atoms with Crippen molar-refractivity contribution in [3.05, 3.63) is 35.7 Å². The maximum Gasteiger partial charge on any atom is 0.132 e. The van der Waals surface area contributed by atoms with Crippen LogP contribution in [0.1, 0.15) is 51.0 Å². The van der Waals surface area contributed by atoms with Crippen molar-refractivity contribution >= 4 is 5.82 Å².